The van der Waals surface area contributed by atoms with Crippen LogP contribution >= 0.6 is 12.4 Å². The number of aliphatic hydroxyl groups is 1. The maximum Gasteiger partial charge on any atom is 0.325 e. The van der Waals surface area contributed by atoms with Crippen LogP contribution in [0.1, 0.15) is 11.1 Å². The fourth-order valence-corrected chi connectivity index (χ4v) is 2.70. The van der Waals surface area contributed by atoms with E-state index in [9.17, 15) is 18.4 Å². The first kappa shape index (κ1) is 26.1. The number of anilines is 2. The first-order valence-corrected chi connectivity index (χ1v) is 9.52. The topological polar surface area (TPSA) is 127 Å². The summed E-state index contributed by atoms with van der Waals surface area (Å²) in [5.74, 6) is 3.17. The van der Waals surface area contributed by atoms with E-state index >= 15 is 0 Å². The van der Waals surface area contributed by atoms with E-state index in [1.54, 1.807) is 0 Å². The first-order chi connectivity index (χ1) is 15.9. The number of ether oxygens (including phenoxy) is 1. The van der Waals surface area contributed by atoms with Crippen molar-refractivity contribution in [3.63, 3.8) is 0 Å². The summed E-state index contributed by atoms with van der Waals surface area (Å²) in [4.78, 5) is 27.9. The summed E-state index contributed by atoms with van der Waals surface area (Å²) in [6.45, 7) is -0.406. The number of rotatable bonds is 5. The van der Waals surface area contributed by atoms with Crippen molar-refractivity contribution in [1.29, 1.82) is 0 Å². The zero-order valence-corrected chi connectivity index (χ0v) is 18.3. The second kappa shape index (κ2) is 12.2. The van der Waals surface area contributed by atoms with E-state index in [1.807, 2.05) is 0 Å². The fraction of sp³-hybridized carbons (Fsp3) is 0.0870. The largest absolute Gasteiger partial charge is 0.453 e. The van der Waals surface area contributed by atoms with Gasteiger partial charge in [-0.15, -0.1) is 12.4 Å². The number of amides is 3. The molecule has 176 valence electrons. The van der Waals surface area contributed by atoms with Gasteiger partial charge < -0.3 is 20.9 Å². The highest BCUT2D eigenvalue weighted by Gasteiger charge is 2.13. The van der Waals surface area contributed by atoms with E-state index in [4.69, 9.17) is 15.6 Å². The third-order valence-corrected chi connectivity index (χ3v) is 4.18. The quantitative estimate of drug-likeness (QED) is 0.408. The Morgan fingerprint density at radius 1 is 1.09 bits per heavy atom. The molecule has 0 radical (unpaired) electrons. The second-order valence-electron chi connectivity index (χ2n) is 6.58. The minimum Gasteiger partial charge on any atom is -0.453 e. The van der Waals surface area contributed by atoms with E-state index < -0.39 is 30.2 Å². The van der Waals surface area contributed by atoms with Crippen LogP contribution in [0.5, 0.6) is 11.5 Å². The summed E-state index contributed by atoms with van der Waals surface area (Å²) in [7, 11) is 0. The molecule has 8 nitrogen and oxygen atoms in total. The van der Waals surface area contributed by atoms with Crippen molar-refractivity contribution in [2.45, 2.75) is 6.42 Å². The van der Waals surface area contributed by atoms with Crippen molar-refractivity contribution < 1.29 is 28.2 Å². The average Bonchev–Trinajstić information content (AvgIpc) is 2.76. The first-order valence-electron chi connectivity index (χ1n) is 9.52. The molecule has 0 aliphatic rings. The molecule has 0 saturated heterocycles. The van der Waals surface area contributed by atoms with E-state index in [1.165, 1.54) is 48.7 Å². The van der Waals surface area contributed by atoms with Gasteiger partial charge >= 0.3 is 6.03 Å². The molecule has 0 aliphatic carbocycles. The van der Waals surface area contributed by atoms with Crippen LogP contribution in [0.4, 0.5) is 25.1 Å². The molecule has 0 bridgehead atoms. The van der Waals surface area contributed by atoms with Gasteiger partial charge in [0.1, 0.15) is 29.6 Å². The SMILES string of the molecule is Cl.Nc1nccc(Oc2ccc(NC(=O)NC(=O)Cc3ccc(F)cc3)cc2F)c1C#CCO. The lowest BCUT2D eigenvalue weighted by Crippen LogP contribution is -2.35. The Labute approximate surface area is 199 Å². The Hall–Kier alpha value is -4.20. The molecular weight excluding hydrogens is 470 g/mol. The summed E-state index contributed by atoms with van der Waals surface area (Å²) in [5, 5.41) is 13.3. The number of carbonyl (C=O) groups is 2. The number of carbonyl (C=O) groups excluding carboxylic acids is 2. The highest BCUT2D eigenvalue weighted by Crippen LogP contribution is 2.30. The molecule has 0 spiro atoms. The van der Waals surface area contributed by atoms with Crippen LogP contribution in [0.15, 0.2) is 54.7 Å². The van der Waals surface area contributed by atoms with E-state index in [2.05, 4.69) is 27.5 Å². The Morgan fingerprint density at radius 3 is 2.50 bits per heavy atom. The lowest BCUT2D eigenvalue weighted by atomic mass is 10.1. The number of halogens is 3. The molecule has 3 aromatic rings. The van der Waals surface area contributed by atoms with E-state index in [-0.39, 0.29) is 47.4 Å². The number of imide groups is 1. The molecule has 0 aliphatic heterocycles. The van der Waals surface area contributed by atoms with Crippen LogP contribution < -0.4 is 21.1 Å². The Kier molecular flexibility index (Phi) is 9.31. The number of nitrogens with one attached hydrogen (secondary N) is 2. The molecule has 3 rings (SSSR count). The van der Waals surface area contributed by atoms with Crippen LogP contribution in [0.3, 0.4) is 0 Å². The molecule has 5 N–H and O–H groups in total. The number of nitrogen functional groups attached to an aromatic ring is 1. The molecule has 34 heavy (non-hydrogen) atoms. The van der Waals surface area contributed by atoms with Gasteiger partial charge in [-0.2, -0.15) is 0 Å². The third kappa shape index (κ3) is 7.16. The van der Waals surface area contributed by atoms with Crippen molar-refractivity contribution in [2.75, 3.05) is 17.7 Å². The van der Waals surface area contributed by atoms with Crippen molar-refractivity contribution >= 4 is 35.9 Å². The molecule has 0 saturated carbocycles. The molecule has 0 atom stereocenters. The summed E-state index contributed by atoms with van der Waals surface area (Å²) in [6.07, 6.45) is 1.22. The number of pyridine rings is 1. The number of urea groups is 1. The van der Waals surface area contributed by atoms with Crippen molar-refractivity contribution in [2.24, 2.45) is 0 Å². The zero-order chi connectivity index (χ0) is 23.8. The number of nitrogens with two attached hydrogens (primary N) is 1. The number of hydrogen-bond acceptors (Lipinski definition) is 6. The number of benzene rings is 2. The minimum absolute atomic E-state index is 0. The molecule has 3 amide bonds. The Balaban J connectivity index is 0.00000408. The van der Waals surface area contributed by atoms with Crippen LogP contribution in [-0.2, 0) is 11.2 Å². The molecule has 0 unspecified atom stereocenters. The predicted molar refractivity (Wildman–Crippen MR) is 124 cm³/mol. The van der Waals surface area contributed by atoms with Gasteiger partial charge in [0.2, 0.25) is 5.91 Å². The number of hydrogen-bond donors (Lipinski definition) is 4. The second-order valence-corrected chi connectivity index (χ2v) is 6.58. The molecule has 11 heteroatoms. The smallest absolute Gasteiger partial charge is 0.325 e. The normalized spacial score (nSPS) is 9.74. The summed E-state index contributed by atoms with van der Waals surface area (Å²) < 4.78 is 33.0. The van der Waals surface area contributed by atoms with Gasteiger partial charge in [-0.1, -0.05) is 24.0 Å². The third-order valence-electron chi connectivity index (χ3n) is 4.18. The lowest BCUT2D eigenvalue weighted by Gasteiger charge is -2.11. The van der Waals surface area contributed by atoms with Crippen LogP contribution in [-0.4, -0.2) is 28.6 Å². The number of aromatic nitrogens is 1. The van der Waals surface area contributed by atoms with Gasteiger partial charge in [-0.25, -0.2) is 18.6 Å². The standard InChI is InChI=1S/C23H18F2N4O4.ClH/c24-15-5-3-14(4-6-15)12-21(31)29-23(32)28-16-7-8-20(18(25)13-16)33-19-9-10-27-22(26)17(19)2-1-11-30;/h3-10,13,30H,11-12H2,(H2,26,27)(H2,28,29,31,32);1H. The average molecular weight is 489 g/mol. The van der Waals surface area contributed by atoms with Crippen molar-refractivity contribution in [1.82, 2.24) is 10.3 Å². The molecule has 1 heterocycles. The lowest BCUT2D eigenvalue weighted by molar-refractivity contribution is -0.119. The molecule has 2 aromatic carbocycles. The maximum atomic E-state index is 14.5. The minimum atomic E-state index is -0.862. The molecule has 0 fully saturated rings. The monoisotopic (exact) mass is 488 g/mol. The van der Waals surface area contributed by atoms with Crippen LogP contribution in [0.25, 0.3) is 0 Å². The number of nitrogens with zero attached hydrogens (tertiary/aromatic N) is 1. The molecule has 1 aromatic heterocycles. The predicted octanol–water partition coefficient (Wildman–Crippen LogP) is 3.39. The van der Waals surface area contributed by atoms with Crippen LogP contribution in [0, 0.1) is 23.5 Å². The van der Waals surface area contributed by atoms with Crippen LogP contribution in [0.2, 0.25) is 0 Å². The Bertz CT molecular complexity index is 1240. The van der Waals surface area contributed by atoms with Gasteiger partial charge in [0.15, 0.2) is 11.6 Å². The highest BCUT2D eigenvalue weighted by atomic mass is 35.5. The van der Waals surface area contributed by atoms with Gasteiger partial charge in [0.05, 0.1) is 6.42 Å². The van der Waals surface area contributed by atoms with Gasteiger partial charge in [-0.05, 0) is 29.8 Å². The van der Waals surface area contributed by atoms with Crippen molar-refractivity contribution in [3.8, 4) is 23.3 Å². The van der Waals surface area contributed by atoms with E-state index in [0.29, 0.717) is 5.56 Å². The summed E-state index contributed by atoms with van der Waals surface area (Å²) >= 11 is 0. The zero-order valence-electron chi connectivity index (χ0n) is 17.5. The fourth-order valence-electron chi connectivity index (χ4n) is 2.70. The summed E-state index contributed by atoms with van der Waals surface area (Å²) in [5.41, 5.74) is 6.54. The van der Waals surface area contributed by atoms with Gasteiger partial charge in [0.25, 0.3) is 0 Å². The highest BCUT2D eigenvalue weighted by molar-refractivity contribution is 6.01. The van der Waals surface area contributed by atoms with Gasteiger partial charge in [-0.3, -0.25) is 10.1 Å². The maximum absolute atomic E-state index is 14.5. The molecular formula is C23H19ClF2N4O4. The van der Waals surface area contributed by atoms with Gasteiger partial charge in [0, 0.05) is 24.0 Å². The van der Waals surface area contributed by atoms with Crippen molar-refractivity contribution in [3.05, 3.63) is 77.5 Å². The summed E-state index contributed by atoms with van der Waals surface area (Å²) in [6, 6.07) is 9.48. The number of aliphatic hydroxyl groups excluding tert-OH is 1. The van der Waals surface area contributed by atoms with E-state index in [0.717, 1.165) is 6.07 Å². The Morgan fingerprint density at radius 2 is 1.82 bits per heavy atom.